The van der Waals surface area contributed by atoms with Crippen molar-refractivity contribution in [2.75, 3.05) is 19.0 Å². The number of aryl methyl sites for hydroxylation is 2. The summed E-state index contributed by atoms with van der Waals surface area (Å²) in [6.07, 6.45) is 10.3. The lowest BCUT2D eigenvalue weighted by atomic mass is 9.97. The summed E-state index contributed by atoms with van der Waals surface area (Å²) in [6.45, 7) is 4.42. The van der Waals surface area contributed by atoms with E-state index in [2.05, 4.69) is 48.5 Å². The Labute approximate surface area is 216 Å². The molecule has 0 spiro atoms. The predicted molar refractivity (Wildman–Crippen MR) is 146 cm³/mol. The van der Waals surface area contributed by atoms with Crippen LogP contribution in [0.1, 0.15) is 87.2 Å². The van der Waals surface area contributed by atoms with Crippen molar-refractivity contribution in [2.45, 2.75) is 83.3 Å². The van der Waals surface area contributed by atoms with Crippen LogP contribution in [0.4, 0.5) is 0 Å². The van der Waals surface area contributed by atoms with E-state index in [9.17, 15) is 9.59 Å². The standard InChI is InChI=1S/C30H42O4S/c1-3-33-29(31)22-23-35-28(24-30(32)34-4-2)27-21-15-14-20-26(27)19-13-8-6-5-7-10-16-25-17-11-9-12-18-25/h9,11-12,14-15,17-18,20-21,28H,3-8,10,13,16,19,22-24H2,1-2H3/t28-/m1/s1. The summed E-state index contributed by atoms with van der Waals surface area (Å²) in [4.78, 5) is 24.1. The Morgan fingerprint density at radius 3 is 2.06 bits per heavy atom. The molecule has 0 N–H and O–H groups in total. The molecule has 192 valence electrons. The van der Waals surface area contributed by atoms with Gasteiger partial charge in [-0.25, -0.2) is 0 Å². The molecule has 0 aliphatic carbocycles. The van der Waals surface area contributed by atoms with Gasteiger partial charge in [0.05, 0.1) is 26.1 Å². The van der Waals surface area contributed by atoms with Gasteiger partial charge in [0.25, 0.3) is 0 Å². The molecule has 0 heterocycles. The average molecular weight is 499 g/mol. The molecule has 2 rings (SSSR count). The van der Waals surface area contributed by atoms with Crippen molar-refractivity contribution >= 4 is 23.7 Å². The summed E-state index contributed by atoms with van der Waals surface area (Å²) in [5.41, 5.74) is 3.92. The van der Waals surface area contributed by atoms with Crippen LogP contribution < -0.4 is 0 Å². The highest BCUT2D eigenvalue weighted by Gasteiger charge is 2.20. The molecule has 5 heteroatoms. The molecule has 0 saturated carbocycles. The van der Waals surface area contributed by atoms with Crippen LogP contribution in [0.25, 0.3) is 0 Å². The molecule has 0 aliphatic rings. The lowest BCUT2D eigenvalue weighted by Gasteiger charge is -2.20. The fourth-order valence-corrected chi connectivity index (χ4v) is 5.45. The second kappa shape index (κ2) is 18.1. The molecule has 0 fully saturated rings. The second-order valence-electron chi connectivity index (χ2n) is 8.73. The molecule has 0 aliphatic heterocycles. The summed E-state index contributed by atoms with van der Waals surface area (Å²) >= 11 is 1.65. The van der Waals surface area contributed by atoms with Crippen molar-refractivity contribution in [3.63, 3.8) is 0 Å². The van der Waals surface area contributed by atoms with Crippen molar-refractivity contribution in [3.05, 3.63) is 71.3 Å². The Morgan fingerprint density at radius 2 is 1.34 bits per heavy atom. The molecule has 2 aromatic carbocycles. The SMILES string of the molecule is CCOC(=O)CCS[C@H](CC(=O)OCC)c1ccccc1CCCCCCCCc1ccccc1. The minimum absolute atomic E-state index is 0.0161. The number of esters is 2. The quantitative estimate of drug-likeness (QED) is 0.157. The minimum Gasteiger partial charge on any atom is -0.466 e. The number of benzene rings is 2. The molecule has 0 saturated heterocycles. The van der Waals surface area contributed by atoms with E-state index in [1.165, 1.54) is 55.2 Å². The van der Waals surface area contributed by atoms with E-state index in [-0.39, 0.29) is 17.2 Å². The van der Waals surface area contributed by atoms with Gasteiger partial charge in [-0.3, -0.25) is 9.59 Å². The number of unbranched alkanes of at least 4 members (excludes halogenated alkanes) is 5. The molecule has 4 nitrogen and oxygen atoms in total. The van der Waals surface area contributed by atoms with E-state index < -0.39 is 0 Å². The molecule has 0 radical (unpaired) electrons. The third kappa shape index (κ3) is 12.3. The molecule has 0 unspecified atom stereocenters. The molecule has 35 heavy (non-hydrogen) atoms. The van der Waals surface area contributed by atoms with Gasteiger partial charge in [-0.1, -0.05) is 80.3 Å². The lowest BCUT2D eigenvalue weighted by Crippen LogP contribution is -2.12. The first-order chi connectivity index (χ1) is 17.1. The normalized spacial score (nSPS) is 11.7. The first-order valence-electron chi connectivity index (χ1n) is 13.2. The molecule has 0 bridgehead atoms. The number of hydrogen-bond acceptors (Lipinski definition) is 5. The summed E-state index contributed by atoms with van der Waals surface area (Å²) < 4.78 is 10.3. The van der Waals surface area contributed by atoms with Gasteiger partial charge in [0.15, 0.2) is 0 Å². The molecule has 0 aromatic heterocycles. The van der Waals surface area contributed by atoms with Gasteiger partial charge >= 0.3 is 11.9 Å². The van der Waals surface area contributed by atoms with E-state index in [1.54, 1.807) is 11.8 Å². The number of rotatable bonds is 18. The zero-order valence-electron chi connectivity index (χ0n) is 21.5. The summed E-state index contributed by atoms with van der Waals surface area (Å²) in [6, 6.07) is 19.1. The van der Waals surface area contributed by atoms with E-state index in [0.717, 1.165) is 12.8 Å². The Kier molecular flexibility index (Phi) is 14.9. The monoisotopic (exact) mass is 498 g/mol. The first kappa shape index (κ1) is 29.0. The topological polar surface area (TPSA) is 52.6 Å². The highest BCUT2D eigenvalue weighted by molar-refractivity contribution is 7.99. The van der Waals surface area contributed by atoms with Crippen LogP contribution in [-0.2, 0) is 31.9 Å². The first-order valence-corrected chi connectivity index (χ1v) is 14.2. The van der Waals surface area contributed by atoms with E-state index in [0.29, 0.717) is 31.8 Å². The summed E-state index contributed by atoms with van der Waals surface area (Å²) in [7, 11) is 0. The molecule has 1 atom stereocenters. The van der Waals surface area contributed by atoms with Crippen molar-refractivity contribution in [1.29, 1.82) is 0 Å². The molecule has 2 aromatic rings. The maximum Gasteiger partial charge on any atom is 0.307 e. The third-order valence-corrected chi connectivity index (χ3v) is 7.26. The average Bonchev–Trinajstić information content (AvgIpc) is 2.86. The largest absolute Gasteiger partial charge is 0.466 e. The van der Waals surface area contributed by atoms with E-state index >= 15 is 0 Å². The van der Waals surface area contributed by atoms with Crippen LogP contribution in [0.3, 0.4) is 0 Å². The van der Waals surface area contributed by atoms with E-state index in [1.807, 2.05) is 19.9 Å². The zero-order chi connectivity index (χ0) is 25.1. The summed E-state index contributed by atoms with van der Waals surface area (Å²) in [5, 5.41) is -0.0161. The molecular formula is C30H42O4S. The van der Waals surface area contributed by atoms with Gasteiger partial charge < -0.3 is 9.47 Å². The lowest BCUT2D eigenvalue weighted by molar-refractivity contribution is -0.143. The number of thioether (sulfide) groups is 1. The Morgan fingerprint density at radius 1 is 0.743 bits per heavy atom. The van der Waals surface area contributed by atoms with Crippen LogP contribution in [0.5, 0.6) is 0 Å². The van der Waals surface area contributed by atoms with Crippen molar-refractivity contribution in [3.8, 4) is 0 Å². The number of hydrogen-bond donors (Lipinski definition) is 0. The Hall–Kier alpha value is -2.27. The summed E-state index contributed by atoms with van der Waals surface area (Å²) in [5.74, 6) is 0.249. The highest BCUT2D eigenvalue weighted by atomic mass is 32.2. The molecular weight excluding hydrogens is 456 g/mol. The smallest absolute Gasteiger partial charge is 0.307 e. The van der Waals surface area contributed by atoms with Crippen LogP contribution in [0.15, 0.2) is 54.6 Å². The van der Waals surface area contributed by atoms with Crippen LogP contribution in [0.2, 0.25) is 0 Å². The number of carbonyl (C=O) groups excluding carboxylic acids is 2. The second-order valence-corrected chi connectivity index (χ2v) is 10.0. The van der Waals surface area contributed by atoms with Crippen molar-refractivity contribution in [2.24, 2.45) is 0 Å². The van der Waals surface area contributed by atoms with Gasteiger partial charge in [0.1, 0.15) is 0 Å². The van der Waals surface area contributed by atoms with Crippen molar-refractivity contribution in [1.82, 2.24) is 0 Å². The zero-order valence-corrected chi connectivity index (χ0v) is 22.3. The Balaban J connectivity index is 1.81. The van der Waals surface area contributed by atoms with Crippen LogP contribution in [0, 0.1) is 0 Å². The fraction of sp³-hybridized carbons (Fsp3) is 0.533. The highest BCUT2D eigenvalue weighted by Crippen LogP contribution is 2.35. The van der Waals surface area contributed by atoms with E-state index in [4.69, 9.17) is 9.47 Å². The van der Waals surface area contributed by atoms with Gasteiger partial charge in [0.2, 0.25) is 0 Å². The van der Waals surface area contributed by atoms with Crippen molar-refractivity contribution < 1.29 is 19.1 Å². The van der Waals surface area contributed by atoms with Gasteiger partial charge in [-0.2, -0.15) is 11.8 Å². The van der Waals surface area contributed by atoms with Gasteiger partial charge in [0, 0.05) is 11.0 Å². The minimum atomic E-state index is -0.188. The van der Waals surface area contributed by atoms with Gasteiger partial charge in [-0.05, 0) is 56.2 Å². The number of carbonyl (C=O) groups is 2. The van der Waals surface area contributed by atoms with Crippen LogP contribution >= 0.6 is 11.8 Å². The fourth-order valence-electron chi connectivity index (χ4n) is 4.22. The Bertz CT molecular complexity index is 852. The maximum atomic E-state index is 12.3. The molecule has 0 amide bonds. The third-order valence-electron chi connectivity index (χ3n) is 5.99. The predicted octanol–water partition coefficient (Wildman–Crippen LogP) is 7.49. The van der Waals surface area contributed by atoms with Gasteiger partial charge in [-0.15, -0.1) is 0 Å². The maximum absolute atomic E-state index is 12.3. The van der Waals surface area contributed by atoms with Crippen LogP contribution in [-0.4, -0.2) is 30.9 Å². The number of ether oxygens (including phenoxy) is 2.